The average Bonchev–Trinajstić information content (AvgIpc) is 2.41. The lowest BCUT2D eigenvalue weighted by Crippen LogP contribution is -2.07. The zero-order valence-electron chi connectivity index (χ0n) is 11.3. The molecule has 2 aromatic rings. The Labute approximate surface area is 109 Å². The van der Waals surface area contributed by atoms with Crippen LogP contribution in [0.5, 0.6) is 0 Å². The van der Waals surface area contributed by atoms with Crippen LogP contribution >= 0.6 is 0 Å². The van der Waals surface area contributed by atoms with Gasteiger partial charge in [-0.2, -0.15) is 0 Å². The molecular formula is C16H20N2. The van der Waals surface area contributed by atoms with E-state index in [1.165, 1.54) is 16.7 Å². The smallest absolute Gasteiger partial charge is 0.126 e. The zero-order valence-corrected chi connectivity index (χ0v) is 11.3. The van der Waals surface area contributed by atoms with Crippen LogP contribution in [0.1, 0.15) is 36.6 Å². The molecule has 2 heteroatoms. The zero-order chi connectivity index (χ0) is 13.0. The van der Waals surface area contributed by atoms with Gasteiger partial charge >= 0.3 is 0 Å². The highest BCUT2D eigenvalue weighted by Gasteiger charge is 2.05. The maximum atomic E-state index is 4.37. The molecule has 94 valence electrons. The van der Waals surface area contributed by atoms with Gasteiger partial charge in [-0.05, 0) is 43.0 Å². The summed E-state index contributed by atoms with van der Waals surface area (Å²) in [6.07, 6.45) is 2.97. The molecule has 0 aliphatic carbocycles. The van der Waals surface area contributed by atoms with Gasteiger partial charge in [0.15, 0.2) is 0 Å². The Morgan fingerprint density at radius 2 is 1.83 bits per heavy atom. The number of rotatable bonds is 4. The third kappa shape index (κ3) is 3.10. The molecule has 0 fully saturated rings. The van der Waals surface area contributed by atoms with Gasteiger partial charge in [-0.15, -0.1) is 0 Å². The van der Waals surface area contributed by atoms with Crippen molar-refractivity contribution in [2.75, 3.05) is 5.32 Å². The number of hydrogen-bond acceptors (Lipinski definition) is 2. The molecule has 0 aliphatic rings. The molecule has 0 bridgehead atoms. The molecule has 0 spiro atoms. The molecule has 1 aromatic heterocycles. The van der Waals surface area contributed by atoms with Gasteiger partial charge in [0, 0.05) is 12.2 Å². The van der Waals surface area contributed by atoms with E-state index in [0.29, 0.717) is 0 Å². The monoisotopic (exact) mass is 240 g/mol. The number of hydrogen-bond donors (Lipinski definition) is 1. The first-order chi connectivity index (χ1) is 8.69. The van der Waals surface area contributed by atoms with Gasteiger partial charge in [0.25, 0.3) is 0 Å². The van der Waals surface area contributed by atoms with Crippen LogP contribution < -0.4 is 5.32 Å². The number of benzene rings is 1. The van der Waals surface area contributed by atoms with Gasteiger partial charge in [0.2, 0.25) is 0 Å². The van der Waals surface area contributed by atoms with Gasteiger partial charge in [-0.1, -0.05) is 37.3 Å². The second-order valence-corrected chi connectivity index (χ2v) is 4.68. The molecule has 0 aliphatic heterocycles. The summed E-state index contributed by atoms with van der Waals surface area (Å²) >= 11 is 0. The standard InChI is InChI=1S/C16H20N2/c1-4-14-6-8-15(9-7-14)13(3)18-16-10-5-12(2)11-17-16/h5-11,13H,4H2,1-3H3,(H,17,18). The second-order valence-electron chi connectivity index (χ2n) is 4.68. The lowest BCUT2D eigenvalue weighted by atomic mass is 10.1. The largest absolute Gasteiger partial charge is 0.364 e. The highest BCUT2D eigenvalue weighted by atomic mass is 15.0. The van der Waals surface area contributed by atoms with E-state index in [-0.39, 0.29) is 6.04 Å². The van der Waals surface area contributed by atoms with Crippen molar-refractivity contribution in [1.82, 2.24) is 4.98 Å². The Balaban J connectivity index is 2.06. The number of aromatic nitrogens is 1. The summed E-state index contributed by atoms with van der Waals surface area (Å²) in [5.74, 6) is 0.924. The molecule has 2 rings (SSSR count). The summed E-state index contributed by atoms with van der Waals surface area (Å²) in [6.45, 7) is 6.37. The van der Waals surface area contributed by atoms with Crippen molar-refractivity contribution in [3.8, 4) is 0 Å². The molecule has 1 N–H and O–H groups in total. The average molecular weight is 240 g/mol. The lowest BCUT2D eigenvalue weighted by Gasteiger charge is -2.15. The predicted molar refractivity (Wildman–Crippen MR) is 76.8 cm³/mol. The van der Waals surface area contributed by atoms with E-state index in [4.69, 9.17) is 0 Å². The summed E-state index contributed by atoms with van der Waals surface area (Å²) in [6, 6.07) is 13.1. The summed E-state index contributed by atoms with van der Waals surface area (Å²) in [5, 5.41) is 3.41. The van der Waals surface area contributed by atoms with E-state index in [1.54, 1.807) is 0 Å². The molecule has 18 heavy (non-hydrogen) atoms. The highest BCUT2D eigenvalue weighted by Crippen LogP contribution is 2.18. The van der Waals surface area contributed by atoms with Gasteiger partial charge in [0.05, 0.1) is 0 Å². The first-order valence-electron chi connectivity index (χ1n) is 6.47. The van der Waals surface area contributed by atoms with Gasteiger partial charge in [0.1, 0.15) is 5.82 Å². The van der Waals surface area contributed by atoms with Crippen molar-refractivity contribution in [1.29, 1.82) is 0 Å². The summed E-state index contributed by atoms with van der Waals surface area (Å²) < 4.78 is 0. The molecule has 0 radical (unpaired) electrons. The van der Waals surface area contributed by atoms with Crippen molar-refractivity contribution in [3.63, 3.8) is 0 Å². The van der Waals surface area contributed by atoms with E-state index in [0.717, 1.165) is 12.2 Å². The summed E-state index contributed by atoms with van der Waals surface area (Å²) in [7, 11) is 0. The Morgan fingerprint density at radius 1 is 1.11 bits per heavy atom. The van der Waals surface area contributed by atoms with Crippen molar-refractivity contribution in [2.45, 2.75) is 33.2 Å². The van der Waals surface area contributed by atoms with Crippen LogP contribution in [0, 0.1) is 6.92 Å². The molecule has 2 nitrogen and oxygen atoms in total. The first kappa shape index (κ1) is 12.6. The van der Waals surface area contributed by atoms with E-state index in [1.807, 2.05) is 19.2 Å². The third-order valence-corrected chi connectivity index (χ3v) is 3.16. The Morgan fingerprint density at radius 3 is 2.39 bits per heavy atom. The van der Waals surface area contributed by atoms with Crippen LogP contribution in [-0.4, -0.2) is 4.98 Å². The minimum Gasteiger partial charge on any atom is -0.364 e. The van der Waals surface area contributed by atoms with E-state index >= 15 is 0 Å². The predicted octanol–water partition coefficient (Wildman–Crippen LogP) is 4.13. The second kappa shape index (κ2) is 5.67. The van der Waals surface area contributed by atoms with Crippen molar-refractivity contribution < 1.29 is 0 Å². The van der Waals surface area contributed by atoms with Crippen molar-refractivity contribution in [2.24, 2.45) is 0 Å². The molecule has 0 amide bonds. The summed E-state index contributed by atoms with van der Waals surface area (Å²) in [5.41, 5.74) is 3.84. The van der Waals surface area contributed by atoms with Gasteiger partial charge in [-0.3, -0.25) is 0 Å². The van der Waals surface area contributed by atoms with Crippen LogP contribution in [0.2, 0.25) is 0 Å². The van der Waals surface area contributed by atoms with Crippen molar-refractivity contribution >= 4 is 5.82 Å². The fraction of sp³-hybridized carbons (Fsp3) is 0.312. The number of pyridine rings is 1. The maximum absolute atomic E-state index is 4.37. The number of nitrogens with one attached hydrogen (secondary N) is 1. The molecule has 0 saturated carbocycles. The fourth-order valence-electron chi connectivity index (χ4n) is 1.90. The summed E-state index contributed by atoms with van der Waals surface area (Å²) in [4.78, 5) is 4.37. The minimum atomic E-state index is 0.270. The van der Waals surface area contributed by atoms with Crippen LogP contribution in [0.25, 0.3) is 0 Å². The van der Waals surface area contributed by atoms with Gasteiger partial charge < -0.3 is 5.32 Å². The van der Waals surface area contributed by atoms with Crippen LogP contribution in [0.4, 0.5) is 5.82 Å². The maximum Gasteiger partial charge on any atom is 0.126 e. The van der Waals surface area contributed by atoms with Crippen LogP contribution in [0.3, 0.4) is 0 Å². The molecular weight excluding hydrogens is 220 g/mol. The SMILES string of the molecule is CCc1ccc(C(C)Nc2ccc(C)cn2)cc1. The molecule has 1 atom stereocenters. The Bertz CT molecular complexity index is 486. The Hall–Kier alpha value is -1.83. The number of nitrogens with zero attached hydrogens (tertiary/aromatic N) is 1. The quantitative estimate of drug-likeness (QED) is 0.869. The van der Waals surface area contributed by atoms with E-state index in [9.17, 15) is 0 Å². The normalized spacial score (nSPS) is 12.2. The third-order valence-electron chi connectivity index (χ3n) is 3.16. The topological polar surface area (TPSA) is 24.9 Å². The molecule has 1 aromatic carbocycles. The molecule has 1 unspecified atom stereocenters. The van der Waals surface area contributed by atoms with Crippen LogP contribution in [0.15, 0.2) is 42.6 Å². The molecule has 0 saturated heterocycles. The lowest BCUT2D eigenvalue weighted by molar-refractivity contribution is 0.872. The highest BCUT2D eigenvalue weighted by molar-refractivity contribution is 5.39. The molecule has 1 heterocycles. The first-order valence-corrected chi connectivity index (χ1v) is 6.47. The minimum absolute atomic E-state index is 0.270. The van der Waals surface area contributed by atoms with E-state index < -0.39 is 0 Å². The van der Waals surface area contributed by atoms with Gasteiger partial charge in [-0.25, -0.2) is 4.98 Å². The fourth-order valence-corrected chi connectivity index (χ4v) is 1.90. The number of aryl methyl sites for hydroxylation is 2. The van der Waals surface area contributed by atoms with E-state index in [2.05, 4.69) is 54.5 Å². The van der Waals surface area contributed by atoms with Crippen LogP contribution in [-0.2, 0) is 6.42 Å². The number of anilines is 1. The Kier molecular flexibility index (Phi) is 3.98. The van der Waals surface area contributed by atoms with Crippen molar-refractivity contribution in [3.05, 3.63) is 59.3 Å².